The molecule has 0 aromatic carbocycles. The Hall–Kier alpha value is -1.06. The van der Waals surface area contributed by atoms with Crippen LogP contribution in [0.3, 0.4) is 0 Å². The number of carbonyl (C=O) groups is 2. The van der Waals surface area contributed by atoms with E-state index in [1.165, 1.54) is 89.9 Å². The molecule has 34 heavy (non-hydrogen) atoms. The van der Waals surface area contributed by atoms with Crippen molar-refractivity contribution < 1.29 is 19.1 Å². The van der Waals surface area contributed by atoms with Gasteiger partial charge in [-0.15, -0.1) is 0 Å². The van der Waals surface area contributed by atoms with E-state index in [9.17, 15) is 9.59 Å². The number of hydrogen-bond acceptors (Lipinski definition) is 4. The van der Waals surface area contributed by atoms with Gasteiger partial charge in [0.25, 0.3) is 0 Å². The summed E-state index contributed by atoms with van der Waals surface area (Å²) in [4.78, 5) is 24.9. The topological polar surface area (TPSA) is 52.6 Å². The zero-order valence-electron chi connectivity index (χ0n) is 22.8. The van der Waals surface area contributed by atoms with Crippen LogP contribution in [0.1, 0.15) is 155 Å². The van der Waals surface area contributed by atoms with Gasteiger partial charge in [-0.2, -0.15) is 0 Å². The first-order valence-electron chi connectivity index (χ1n) is 15.0. The van der Waals surface area contributed by atoms with Crippen LogP contribution in [0, 0.1) is 11.8 Å². The van der Waals surface area contributed by atoms with Crippen LogP contribution in [0.5, 0.6) is 0 Å². The Morgan fingerprint density at radius 2 is 0.853 bits per heavy atom. The van der Waals surface area contributed by atoms with Gasteiger partial charge in [0, 0.05) is 0 Å². The second-order valence-electron chi connectivity index (χ2n) is 10.6. The number of carbonyl (C=O) groups excluding carboxylic acids is 2. The summed E-state index contributed by atoms with van der Waals surface area (Å²) in [5, 5.41) is 0. The summed E-state index contributed by atoms with van der Waals surface area (Å²) in [6, 6.07) is 0. The molecule has 4 heteroatoms. The minimum absolute atomic E-state index is 0.100. The summed E-state index contributed by atoms with van der Waals surface area (Å²) in [6.45, 7) is 5.55. The number of ether oxygens (including phenoxy) is 2. The molecule has 1 aliphatic carbocycles. The van der Waals surface area contributed by atoms with E-state index in [1.807, 2.05) is 0 Å². The minimum Gasteiger partial charge on any atom is -0.465 e. The third-order valence-corrected chi connectivity index (χ3v) is 7.33. The van der Waals surface area contributed by atoms with Crippen LogP contribution in [0.25, 0.3) is 0 Å². The van der Waals surface area contributed by atoms with Crippen molar-refractivity contribution in [2.24, 2.45) is 11.8 Å². The van der Waals surface area contributed by atoms with Crippen molar-refractivity contribution in [2.45, 2.75) is 155 Å². The average molecular weight is 481 g/mol. The Morgan fingerprint density at radius 3 is 1.21 bits per heavy atom. The summed E-state index contributed by atoms with van der Waals surface area (Å²) in [5.74, 6) is -0.457. The molecule has 0 radical (unpaired) electrons. The van der Waals surface area contributed by atoms with E-state index in [0.29, 0.717) is 19.6 Å². The third kappa shape index (κ3) is 16.5. The second kappa shape index (κ2) is 22.4. The number of esters is 2. The summed E-state index contributed by atoms with van der Waals surface area (Å²) in [7, 11) is 0. The van der Waals surface area contributed by atoms with Gasteiger partial charge in [0.05, 0.1) is 25.0 Å². The molecule has 0 aromatic rings. The standard InChI is InChI=1S/C30H56O4/c1-3-5-7-9-11-13-14-16-18-20-25-34-30(32)28-23-21-22-27(26-28)29(31)33-24-19-17-15-12-10-8-6-4-2/h27-28H,3-26H2,1-2H3. The molecule has 0 N–H and O–H groups in total. The van der Waals surface area contributed by atoms with Crippen molar-refractivity contribution in [3.63, 3.8) is 0 Å². The lowest BCUT2D eigenvalue weighted by molar-refractivity contribution is -0.155. The van der Waals surface area contributed by atoms with Crippen molar-refractivity contribution in [3.8, 4) is 0 Å². The highest BCUT2D eigenvalue weighted by Crippen LogP contribution is 2.31. The molecule has 0 bridgehead atoms. The molecule has 0 aliphatic heterocycles. The number of unbranched alkanes of at least 4 members (excludes halogenated alkanes) is 16. The van der Waals surface area contributed by atoms with Gasteiger partial charge in [-0.3, -0.25) is 9.59 Å². The molecule has 1 saturated carbocycles. The van der Waals surface area contributed by atoms with Gasteiger partial charge in [-0.05, 0) is 32.1 Å². The maximum atomic E-state index is 12.5. The predicted octanol–water partition coefficient (Wildman–Crippen LogP) is 8.94. The van der Waals surface area contributed by atoms with Crippen LogP contribution >= 0.6 is 0 Å². The van der Waals surface area contributed by atoms with E-state index in [-0.39, 0.29) is 23.8 Å². The van der Waals surface area contributed by atoms with Gasteiger partial charge in [0.15, 0.2) is 0 Å². The van der Waals surface area contributed by atoms with E-state index in [0.717, 1.165) is 44.9 Å². The Bertz CT molecular complexity index is 490. The number of rotatable bonds is 22. The van der Waals surface area contributed by atoms with Crippen molar-refractivity contribution in [1.29, 1.82) is 0 Å². The Labute approximate surface area is 211 Å². The van der Waals surface area contributed by atoms with E-state index >= 15 is 0 Å². The lowest BCUT2D eigenvalue weighted by Gasteiger charge is -2.26. The zero-order chi connectivity index (χ0) is 24.7. The van der Waals surface area contributed by atoms with Crippen molar-refractivity contribution in [2.75, 3.05) is 13.2 Å². The van der Waals surface area contributed by atoms with Gasteiger partial charge in [-0.1, -0.05) is 123 Å². The normalized spacial score (nSPS) is 18.1. The van der Waals surface area contributed by atoms with Crippen LogP contribution in [0.4, 0.5) is 0 Å². The molecule has 0 aromatic heterocycles. The highest BCUT2D eigenvalue weighted by atomic mass is 16.5. The summed E-state index contributed by atoms with van der Waals surface area (Å²) >= 11 is 0. The van der Waals surface area contributed by atoms with Crippen molar-refractivity contribution in [3.05, 3.63) is 0 Å². The van der Waals surface area contributed by atoms with Gasteiger partial charge in [0.2, 0.25) is 0 Å². The summed E-state index contributed by atoms with van der Waals surface area (Å²) in [5.41, 5.74) is 0. The third-order valence-electron chi connectivity index (χ3n) is 7.33. The zero-order valence-corrected chi connectivity index (χ0v) is 22.8. The number of hydrogen-bond donors (Lipinski definition) is 0. The Balaban J connectivity index is 2.02. The fourth-order valence-electron chi connectivity index (χ4n) is 5.02. The van der Waals surface area contributed by atoms with E-state index in [1.54, 1.807) is 0 Å². The highest BCUT2D eigenvalue weighted by Gasteiger charge is 2.32. The SMILES string of the molecule is CCCCCCCCCCCCOC(=O)C1CCCC(C(=O)OCCCCCCCCCC)C1. The van der Waals surface area contributed by atoms with Crippen LogP contribution in [0.15, 0.2) is 0 Å². The molecule has 2 unspecified atom stereocenters. The molecule has 1 aliphatic rings. The first kappa shape index (κ1) is 31.0. The first-order chi connectivity index (χ1) is 16.7. The predicted molar refractivity (Wildman–Crippen MR) is 142 cm³/mol. The molecule has 1 fully saturated rings. The van der Waals surface area contributed by atoms with Crippen LogP contribution in [0.2, 0.25) is 0 Å². The monoisotopic (exact) mass is 480 g/mol. The maximum Gasteiger partial charge on any atom is 0.308 e. The lowest BCUT2D eigenvalue weighted by Crippen LogP contribution is -2.30. The van der Waals surface area contributed by atoms with Crippen LogP contribution < -0.4 is 0 Å². The van der Waals surface area contributed by atoms with Gasteiger partial charge in [-0.25, -0.2) is 0 Å². The smallest absolute Gasteiger partial charge is 0.308 e. The van der Waals surface area contributed by atoms with Gasteiger partial charge < -0.3 is 9.47 Å². The van der Waals surface area contributed by atoms with Gasteiger partial charge >= 0.3 is 11.9 Å². The molecule has 1 rings (SSSR count). The fourth-order valence-corrected chi connectivity index (χ4v) is 5.02. The van der Waals surface area contributed by atoms with Gasteiger partial charge in [0.1, 0.15) is 0 Å². The lowest BCUT2D eigenvalue weighted by atomic mass is 9.81. The molecular formula is C30H56O4. The molecule has 200 valence electrons. The molecular weight excluding hydrogens is 424 g/mol. The largest absolute Gasteiger partial charge is 0.465 e. The van der Waals surface area contributed by atoms with E-state index < -0.39 is 0 Å². The van der Waals surface area contributed by atoms with Crippen LogP contribution in [-0.2, 0) is 19.1 Å². The first-order valence-corrected chi connectivity index (χ1v) is 15.0. The summed E-state index contributed by atoms with van der Waals surface area (Å²) in [6.07, 6.45) is 25.9. The molecule has 0 spiro atoms. The van der Waals surface area contributed by atoms with Crippen molar-refractivity contribution in [1.82, 2.24) is 0 Å². The fraction of sp³-hybridized carbons (Fsp3) is 0.933. The minimum atomic E-state index is -0.127. The second-order valence-corrected chi connectivity index (χ2v) is 10.6. The molecule has 0 amide bonds. The van der Waals surface area contributed by atoms with E-state index in [4.69, 9.17) is 9.47 Å². The molecule has 2 atom stereocenters. The van der Waals surface area contributed by atoms with Crippen molar-refractivity contribution >= 4 is 11.9 Å². The summed E-state index contributed by atoms with van der Waals surface area (Å²) < 4.78 is 11.1. The van der Waals surface area contributed by atoms with Crippen LogP contribution in [-0.4, -0.2) is 25.2 Å². The quantitative estimate of drug-likeness (QED) is 0.115. The average Bonchev–Trinajstić information content (AvgIpc) is 2.86. The van der Waals surface area contributed by atoms with E-state index in [2.05, 4.69) is 13.8 Å². The highest BCUT2D eigenvalue weighted by molar-refractivity contribution is 5.76. The Kier molecular flexibility index (Phi) is 20.4. The molecule has 0 heterocycles. The Morgan fingerprint density at radius 1 is 0.529 bits per heavy atom. The molecule has 4 nitrogen and oxygen atoms in total. The maximum absolute atomic E-state index is 12.5. The molecule has 0 saturated heterocycles.